The van der Waals surface area contributed by atoms with Gasteiger partial charge in [-0.25, -0.2) is 4.39 Å². The molecule has 0 saturated carbocycles. The Balaban J connectivity index is 1.94. The van der Waals surface area contributed by atoms with Crippen molar-refractivity contribution in [1.82, 2.24) is 4.90 Å². The van der Waals surface area contributed by atoms with E-state index >= 15 is 0 Å². The Kier molecular flexibility index (Phi) is 3.89. The highest BCUT2D eigenvalue weighted by atomic mass is 19.1. The fourth-order valence-corrected chi connectivity index (χ4v) is 2.97. The van der Waals surface area contributed by atoms with Crippen molar-refractivity contribution in [2.45, 2.75) is 25.5 Å². The van der Waals surface area contributed by atoms with Crippen molar-refractivity contribution in [1.29, 1.82) is 5.26 Å². The summed E-state index contributed by atoms with van der Waals surface area (Å²) in [5, 5.41) is 18.8. The Morgan fingerprint density at radius 1 is 1.48 bits per heavy atom. The van der Waals surface area contributed by atoms with E-state index in [-0.39, 0.29) is 29.6 Å². The number of aliphatic hydroxyl groups is 1. The minimum Gasteiger partial charge on any atom is -0.450 e. The number of aliphatic hydroxyl groups excluding tert-OH is 1. The van der Waals surface area contributed by atoms with Crippen molar-refractivity contribution < 1.29 is 18.7 Å². The van der Waals surface area contributed by atoms with Gasteiger partial charge in [0, 0.05) is 12.6 Å². The van der Waals surface area contributed by atoms with E-state index in [1.54, 1.807) is 19.1 Å². The van der Waals surface area contributed by atoms with E-state index in [9.17, 15) is 14.3 Å². The van der Waals surface area contributed by atoms with Gasteiger partial charge < -0.3 is 14.4 Å². The third kappa shape index (κ3) is 2.83. The second-order valence-electron chi connectivity index (χ2n) is 5.61. The molecule has 0 aliphatic carbocycles. The van der Waals surface area contributed by atoms with Crippen molar-refractivity contribution in [3.8, 4) is 6.07 Å². The largest absolute Gasteiger partial charge is 0.450 e. The predicted molar refractivity (Wildman–Crippen MR) is 79.0 cm³/mol. The molecule has 0 spiro atoms. The van der Waals surface area contributed by atoms with E-state index in [1.807, 2.05) is 6.07 Å². The van der Waals surface area contributed by atoms with Crippen LogP contribution in [0.1, 0.15) is 39.9 Å². The number of carbonyl (C=O) groups is 1. The van der Waals surface area contributed by atoms with Crippen LogP contribution in [0.5, 0.6) is 0 Å². The maximum atomic E-state index is 13.5. The molecule has 3 rings (SSSR count). The van der Waals surface area contributed by atoms with Crippen LogP contribution in [-0.2, 0) is 0 Å². The topological polar surface area (TPSA) is 77.5 Å². The lowest BCUT2D eigenvalue weighted by Crippen LogP contribution is -2.32. The number of hydrogen-bond acceptors (Lipinski definition) is 4. The Labute approximate surface area is 132 Å². The van der Waals surface area contributed by atoms with Crippen LogP contribution in [0, 0.1) is 24.1 Å². The number of carbonyl (C=O) groups excluding carboxylic acids is 1. The van der Waals surface area contributed by atoms with Gasteiger partial charge in [0.05, 0.1) is 17.7 Å². The molecule has 23 heavy (non-hydrogen) atoms. The summed E-state index contributed by atoms with van der Waals surface area (Å²) in [5.74, 6) is -0.306. The number of β-amino-alcohol motifs (C(OH)–C–C–N with tert-alkyl or cyclic N) is 1. The van der Waals surface area contributed by atoms with Crippen LogP contribution < -0.4 is 0 Å². The fourth-order valence-electron chi connectivity index (χ4n) is 2.97. The number of furan rings is 1. The number of nitrogens with zero attached hydrogens (tertiary/aromatic N) is 2. The molecule has 0 bridgehead atoms. The molecule has 1 aliphatic heterocycles. The maximum Gasteiger partial charge on any atom is 0.258 e. The highest BCUT2D eigenvalue weighted by Gasteiger charge is 2.37. The molecule has 1 fully saturated rings. The third-order valence-corrected chi connectivity index (χ3v) is 4.03. The number of aryl methyl sites for hydroxylation is 1. The molecule has 0 radical (unpaired) electrons. The van der Waals surface area contributed by atoms with E-state index in [1.165, 1.54) is 23.1 Å². The summed E-state index contributed by atoms with van der Waals surface area (Å²) < 4.78 is 18.7. The first kappa shape index (κ1) is 15.3. The van der Waals surface area contributed by atoms with E-state index in [2.05, 4.69) is 0 Å². The van der Waals surface area contributed by atoms with Gasteiger partial charge in [-0.2, -0.15) is 5.26 Å². The summed E-state index contributed by atoms with van der Waals surface area (Å²) in [6.45, 7) is 1.77. The van der Waals surface area contributed by atoms with Crippen molar-refractivity contribution in [2.75, 3.05) is 6.54 Å². The lowest BCUT2D eigenvalue weighted by atomic mass is 10.0. The summed E-state index contributed by atoms with van der Waals surface area (Å²) in [6.07, 6.45) is -0.327. The Hall–Kier alpha value is -2.65. The van der Waals surface area contributed by atoms with Gasteiger partial charge in [0.15, 0.2) is 0 Å². The Morgan fingerprint density at radius 2 is 2.26 bits per heavy atom. The van der Waals surface area contributed by atoms with E-state index < -0.39 is 12.1 Å². The van der Waals surface area contributed by atoms with E-state index in [0.29, 0.717) is 17.7 Å². The second-order valence-corrected chi connectivity index (χ2v) is 5.61. The van der Waals surface area contributed by atoms with Crippen LogP contribution in [0.15, 0.2) is 34.7 Å². The molecule has 6 heteroatoms. The first-order chi connectivity index (χ1) is 11.0. The van der Waals surface area contributed by atoms with Crippen LogP contribution in [0.2, 0.25) is 0 Å². The monoisotopic (exact) mass is 314 g/mol. The third-order valence-electron chi connectivity index (χ3n) is 4.03. The lowest BCUT2D eigenvalue weighted by molar-refractivity contribution is 0.0714. The van der Waals surface area contributed by atoms with Crippen LogP contribution >= 0.6 is 0 Å². The smallest absolute Gasteiger partial charge is 0.258 e. The zero-order valence-corrected chi connectivity index (χ0v) is 12.5. The number of rotatable bonds is 2. The van der Waals surface area contributed by atoms with Crippen LogP contribution in [-0.4, -0.2) is 28.6 Å². The summed E-state index contributed by atoms with van der Waals surface area (Å²) in [6, 6.07) is 8.85. The number of hydrogen-bond donors (Lipinski definition) is 1. The van der Waals surface area contributed by atoms with Crippen LogP contribution in [0.3, 0.4) is 0 Å². The lowest BCUT2D eigenvalue weighted by Gasteiger charge is -2.24. The van der Waals surface area contributed by atoms with Gasteiger partial charge in [-0.05, 0) is 31.0 Å². The Morgan fingerprint density at radius 3 is 2.91 bits per heavy atom. The molecule has 1 aromatic heterocycles. The quantitative estimate of drug-likeness (QED) is 0.924. The minimum atomic E-state index is -0.671. The van der Waals surface area contributed by atoms with E-state index in [0.717, 1.165) is 0 Å². The Bertz CT molecular complexity index is 793. The summed E-state index contributed by atoms with van der Waals surface area (Å²) in [5.41, 5.74) is 0.925. The van der Waals surface area contributed by atoms with Crippen molar-refractivity contribution >= 4 is 5.91 Å². The SMILES string of the molecule is Cc1oc(C#N)cc1C(=O)N1CC(O)CC1c1cccc(F)c1. The molecule has 2 aromatic rings. The molecule has 118 valence electrons. The van der Waals surface area contributed by atoms with Gasteiger partial charge in [-0.3, -0.25) is 4.79 Å². The van der Waals surface area contributed by atoms with Crippen molar-refractivity contribution in [2.24, 2.45) is 0 Å². The number of halogens is 1. The molecule has 1 saturated heterocycles. The molecule has 2 heterocycles. The number of benzene rings is 1. The average molecular weight is 314 g/mol. The van der Waals surface area contributed by atoms with Gasteiger partial charge in [0.25, 0.3) is 5.91 Å². The van der Waals surface area contributed by atoms with Crippen molar-refractivity contribution in [3.63, 3.8) is 0 Å². The molecule has 1 aliphatic rings. The molecule has 1 amide bonds. The molecular formula is C17H15FN2O3. The zero-order chi connectivity index (χ0) is 16.6. The summed E-state index contributed by atoms with van der Waals surface area (Å²) >= 11 is 0. The molecule has 1 N–H and O–H groups in total. The standard InChI is InChI=1S/C17H15FN2O3/c1-10-15(7-14(8-19)23-10)17(22)20-9-13(21)6-16(20)11-3-2-4-12(18)5-11/h2-5,7,13,16,21H,6,9H2,1H3. The van der Waals surface area contributed by atoms with E-state index in [4.69, 9.17) is 9.68 Å². The highest BCUT2D eigenvalue weighted by Crippen LogP contribution is 2.34. The summed E-state index contributed by atoms with van der Waals surface area (Å²) in [4.78, 5) is 14.3. The number of nitriles is 1. The number of amides is 1. The molecule has 2 atom stereocenters. The van der Waals surface area contributed by atoms with Crippen LogP contribution in [0.25, 0.3) is 0 Å². The normalized spacial score (nSPS) is 20.5. The maximum absolute atomic E-state index is 13.5. The molecular weight excluding hydrogens is 299 g/mol. The fraction of sp³-hybridized carbons (Fsp3) is 0.294. The molecule has 1 aromatic carbocycles. The summed E-state index contributed by atoms with van der Waals surface area (Å²) in [7, 11) is 0. The van der Waals surface area contributed by atoms with Gasteiger partial charge in [-0.15, -0.1) is 0 Å². The predicted octanol–water partition coefficient (Wildman–Crippen LogP) is 2.55. The first-order valence-electron chi connectivity index (χ1n) is 7.24. The highest BCUT2D eigenvalue weighted by molar-refractivity contribution is 5.96. The second kappa shape index (κ2) is 5.86. The number of likely N-dealkylation sites (tertiary alicyclic amines) is 1. The van der Waals surface area contributed by atoms with Crippen molar-refractivity contribution in [3.05, 3.63) is 58.8 Å². The van der Waals surface area contributed by atoms with Gasteiger partial charge in [-0.1, -0.05) is 12.1 Å². The van der Waals surface area contributed by atoms with Gasteiger partial charge >= 0.3 is 0 Å². The van der Waals surface area contributed by atoms with Gasteiger partial charge in [0.2, 0.25) is 5.76 Å². The zero-order valence-electron chi connectivity index (χ0n) is 12.5. The minimum absolute atomic E-state index is 0.0629. The first-order valence-corrected chi connectivity index (χ1v) is 7.24. The molecule has 5 nitrogen and oxygen atoms in total. The molecule has 2 unspecified atom stereocenters. The average Bonchev–Trinajstić information content (AvgIpc) is 3.09. The van der Waals surface area contributed by atoms with Gasteiger partial charge in [0.1, 0.15) is 17.6 Å². The van der Waals surface area contributed by atoms with Crippen LogP contribution in [0.4, 0.5) is 4.39 Å².